The number of phenolic OH excluding ortho intramolecular Hbond substituents is 1. The minimum absolute atomic E-state index is 0.301. The lowest BCUT2D eigenvalue weighted by molar-refractivity contribution is 0.470. The summed E-state index contributed by atoms with van der Waals surface area (Å²) in [5, 5.41) is 9.66. The van der Waals surface area contributed by atoms with Crippen molar-refractivity contribution in [3.8, 4) is 16.9 Å². The Hall–Kier alpha value is -1.94. The van der Waals surface area contributed by atoms with Gasteiger partial charge < -0.3 is 10.8 Å². The van der Waals surface area contributed by atoms with E-state index < -0.39 is 0 Å². The summed E-state index contributed by atoms with van der Waals surface area (Å²) in [4.78, 5) is 4.48. The molecule has 0 atom stereocenters. The lowest BCUT2D eigenvalue weighted by atomic mass is 9.97. The number of benzene rings is 1. The summed E-state index contributed by atoms with van der Waals surface area (Å²) in [7, 11) is 0. The molecule has 3 N–H and O–H groups in total. The van der Waals surface area contributed by atoms with E-state index in [0.29, 0.717) is 10.7 Å². The van der Waals surface area contributed by atoms with Gasteiger partial charge in [0.05, 0.1) is 0 Å². The van der Waals surface area contributed by atoms with E-state index in [0.717, 1.165) is 27.8 Å². The topological polar surface area (TPSA) is 59.1 Å². The Balaban J connectivity index is 2.59. The van der Waals surface area contributed by atoms with Crippen LogP contribution in [0.15, 0.2) is 30.6 Å². The van der Waals surface area contributed by atoms with Crippen molar-refractivity contribution in [2.24, 2.45) is 5.73 Å². The quantitative estimate of drug-likeness (QED) is 0.813. The van der Waals surface area contributed by atoms with Crippen molar-refractivity contribution in [2.45, 2.75) is 13.8 Å². The number of thiocarbonyl (C=S) groups is 1. The number of aromatic hydroxyl groups is 1. The van der Waals surface area contributed by atoms with Gasteiger partial charge in [0.15, 0.2) is 0 Å². The number of phenols is 1. The van der Waals surface area contributed by atoms with E-state index in [1.807, 2.05) is 26.0 Å². The zero-order valence-corrected chi connectivity index (χ0v) is 11.1. The van der Waals surface area contributed by atoms with E-state index >= 15 is 0 Å². The average Bonchev–Trinajstić information content (AvgIpc) is 2.36. The van der Waals surface area contributed by atoms with Crippen LogP contribution in [0.2, 0.25) is 0 Å². The molecule has 1 aromatic heterocycles. The standard InChI is InChI=1S/C14H14N2OS/c1-8-9(2)13(17)4-3-12(8)10-5-11(14(15)18)7-16-6-10/h3-7,17H,1-2H3,(H2,15,18). The fourth-order valence-electron chi connectivity index (χ4n) is 1.84. The van der Waals surface area contributed by atoms with Crippen LogP contribution in [0.1, 0.15) is 16.7 Å². The first-order valence-electron chi connectivity index (χ1n) is 5.55. The SMILES string of the molecule is Cc1c(O)ccc(-c2cncc(C(N)=S)c2)c1C. The Bertz CT molecular complexity index is 623. The summed E-state index contributed by atoms with van der Waals surface area (Å²) >= 11 is 4.95. The highest BCUT2D eigenvalue weighted by atomic mass is 32.1. The molecule has 0 unspecified atom stereocenters. The minimum atomic E-state index is 0.301. The molecule has 0 radical (unpaired) electrons. The van der Waals surface area contributed by atoms with Crippen LogP contribution in [0.3, 0.4) is 0 Å². The Labute approximate surface area is 111 Å². The second kappa shape index (κ2) is 4.74. The van der Waals surface area contributed by atoms with Gasteiger partial charge in [0.2, 0.25) is 0 Å². The van der Waals surface area contributed by atoms with E-state index in [-0.39, 0.29) is 0 Å². The molecule has 92 valence electrons. The maximum atomic E-state index is 9.66. The number of hydrogen-bond donors (Lipinski definition) is 2. The van der Waals surface area contributed by atoms with Gasteiger partial charge in [-0.2, -0.15) is 0 Å². The molecule has 18 heavy (non-hydrogen) atoms. The van der Waals surface area contributed by atoms with Crippen molar-refractivity contribution in [2.75, 3.05) is 0 Å². The van der Waals surface area contributed by atoms with Gasteiger partial charge in [-0.25, -0.2) is 0 Å². The predicted molar refractivity (Wildman–Crippen MR) is 76.7 cm³/mol. The molecule has 0 saturated carbocycles. The Morgan fingerprint density at radius 3 is 2.61 bits per heavy atom. The molecule has 0 bridgehead atoms. The highest BCUT2D eigenvalue weighted by molar-refractivity contribution is 7.80. The highest BCUT2D eigenvalue weighted by Crippen LogP contribution is 2.30. The van der Waals surface area contributed by atoms with E-state index in [9.17, 15) is 5.11 Å². The fraction of sp³-hybridized carbons (Fsp3) is 0.143. The second-order valence-electron chi connectivity index (χ2n) is 4.21. The first kappa shape index (κ1) is 12.5. The number of nitrogens with zero attached hydrogens (tertiary/aromatic N) is 1. The van der Waals surface area contributed by atoms with E-state index in [2.05, 4.69) is 4.98 Å². The maximum Gasteiger partial charge on any atom is 0.118 e. The summed E-state index contributed by atoms with van der Waals surface area (Å²) in [6.45, 7) is 3.86. The summed E-state index contributed by atoms with van der Waals surface area (Å²) in [5.74, 6) is 0.301. The van der Waals surface area contributed by atoms with E-state index in [1.54, 1.807) is 18.5 Å². The molecule has 0 fully saturated rings. The predicted octanol–water partition coefficient (Wildman–Crippen LogP) is 2.71. The maximum absolute atomic E-state index is 9.66. The normalized spacial score (nSPS) is 10.3. The number of pyridine rings is 1. The molecule has 2 aromatic rings. The molecule has 0 saturated heterocycles. The molecule has 1 heterocycles. The van der Waals surface area contributed by atoms with E-state index in [4.69, 9.17) is 18.0 Å². The third-order valence-corrected chi connectivity index (χ3v) is 3.33. The van der Waals surface area contributed by atoms with Crippen LogP contribution in [0, 0.1) is 13.8 Å². The van der Waals surface area contributed by atoms with Crippen molar-refractivity contribution in [1.82, 2.24) is 4.98 Å². The Morgan fingerprint density at radius 2 is 1.94 bits per heavy atom. The van der Waals surface area contributed by atoms with Crippen LogP contribution >= 0.6 is 12.2 Å². The van der Waals surface area contributed by atoms with Crippen LogP contribution in [-0.4, -0.2) is 15.1 Å². The molecule has 1 aromatic carbocycles. The van der Waals surface area contributed by atoms with Gasteiger partial charge in [0.1, 0.15) is 10.7 Å². The lowest BCUT2D eigenvalue weighted by Crippen LogP contribution is -2.09. The molecule has 0 aliphatic carbocycles. The smallest absolute Gasteiger partial charge is 0.118 e. The largest absolute Gasteiger partial charge is 0.508 e. The second-order valence-corrected chi connectivity index (χ2v) is 4.65. The Kier molecular flexibility index (Phi) is 3.30. The van der Waals surface area contributed by atoms with Crippen LogP contribution in [0.5, 0.6) is 5.75 Å². The molecule has 0 amide bonds. The third kappa shape index (κ3) is 2.19. The van der Waals surface area contributed by atoms with Crippen LogP contribution in [-0.2, 0) is 0 Å². The summed E-state index contributed by atoms with van der Waals surface area (Å²) in [6, 6.07) is 5.47. The van der Waals surface area contributed by atoms with Gasteiger partial charge in [0, 0.05) is 23.5 Å². The van der Waals surface area contributed by atoms with E-state index in [1.165, 1.54) is 0 Å². The molecule has 3 nitrogen and oxygen atoms in total. The first-order chi connectivity index (χ1) is 8.50. The molecule has 0 aliphatic rings. The molecule has 4 heteroatoms. The van der Waals surface area contributed by atoms with Gasteiger partial charge in [-0.3, -0.25) is 4.98 Å². The van der Waals surface area contributed by atoms with Crippen molar-refractivity contribution in [1.29, 1.82) is 0 Å². The summed E-state index contributed by atoms with van der Waals surface area (Å²) in [6.07, 6.45) is 3.41. The number of hydrogen-bond acceptors (Lipinski definition) is 3. The number of aromatic nitrogens is 1. The van der Waals surface area contributed by atoms with Crippen molar-refractivity contribution in [3.63, 3.8) is 0 Å². The Morgan fingerprint density at radius 1 is 1.22 bits per heavy atom. The van der Waals surface area contributed by atoms with Crippen LogP contribution < -0.4 is 5.73 Å². The van der Waals surface area contributed by atoms with Gasteiger partial charge in [-0.05, 0) is 42.7 Å². The minimum Gasteiger partial charge on any atom is -0.508 e. The average molecular weight is 258 g/mol. The van der Waals surface area contributed by atoms with Crippen LogP contribution in [0.4, 0.5) is 0 Å². The van der Waals surface area contributed by atoms with Gasteiger partial charge >= 0.3 is 0 Å². The van der Waals surface area contributed by atoms with Gasteiger partial charge in [-0.15, -0.1) is 0 Å². The monoisotopic (exact) mass is 258 g/mol. The van der Waals surface area contributed by atoms with Crippen molar-refractivity contribution in [3.05, 3.63) is 47.3 Å². The first-order valence-corrected chi connectivity index (χ1v) is 5.96. The zero-order valence-electron chi connectivity index (χ0n) is 10.3. The highest BCUT2D eigenvalue weighted by Gasteiger charge is 2.08. The number of nitrogens with two attached hydrogens (primary N) is 1. The van der Waals surface area contributed by atoms with Crippen molar-refractivity contribution >= 4 is 17.2 Å². The lowest BCUT2D eigenvalue weighted by Gasteiger charge is -2.11. The number of rotatable bonds is 2. The van der Waals surface area contributed by atoms with Gasteiger partial charge in [-0.1, -0.05) is 18.3 Å². The molecule has 2 rings (SSSR count). The zero-order chi connectivity index (χ0) is 13.3. The molecule has 0 spiro atoms. The molecule has 0 aliphatic heterocycles. The van der Waals surface area contributed by atoms with Gasteiger partial charge in [0.25, 0.3) is 0 Å². The van der Waals surface area contributed by atoms with Crippen LogP contribution in [0.25, 0.3) is 11.1 Å². The molecular weight excluding hydrogens is 244 g/mol. The third-order valence-electron chi connectivity index (χ3n) is 3.09. The fourth-order valence-corrected chi connectivity index (χ4v) is 1.95. The molecular formula is C14H14N2OS. The summed E-state index contributed by atoms with van der Waals surface area (Å²) in [5.41, 5.74) is 10.2. The summed E-state index contributed by atoms with van der Waals surface area (Å²) < 4.78 is 0. The van der Waals surface area contributed by atoms with Crippen molar-refractivity contribution < 1.29 is 5.11 Å².